The zero-order chi connectivity index (χ0) is 26.7. The van der Waals surface area contributed by atoms with E-state index in [0.717, 1.165) is 30.7 Å². The van der Waals surface area contributed by atoms with Crippen molar-refractivity contribution in [3.8, 4) is 17.2 Å². The average molecular weight is 508 g/mol. The van der Waals surface area contributed by atoms with Crippen molar-refractivity contribution in [3.05, 3.63) is 64.1 Å². The standard InChI is InChI=1S/C29H37N3O5/c1-7-20(8-2)32-17-24(22-15-26(36-5)27(37-6)16-23(22)28(32)33)29(34)31-13-12-30(3)18-25(31)19-10-9-11-21(14-19)35-4/h9-11,14-17,20,25H,7-8,12-13,18H2,1-6H3/t25-/m0/s1. The minimum Gasteiger partial charge on any atom is -0.497 e. The molecule has 0 bridgehead atoms. The summed E-state index contributed by atoms with van der Waals surface area (Å²) in [5.41, 5.74) is 1.36. The molecule has 1 aliphatic heterocycles. The molecule has 37 heavy (non-hydrogen) atoms. The number of ether oxygens (including phenoxy) is 3. The van der Waals surface area contributed by atoms with Gasteiger partial charge in [0, 0.05) is 37.3 Å². The van der Waals surface area contributed by atoms with E-state index in [1.807, 2.05) is 29.2 Å². The number of benzene rings is 2. The maximum Gasteiger partial charge on any atom is 0.258 e. The molecule has 0 spiro atoms. The van der Waals surface area contributed by atoms with Gasteiger partial charge in [0.1, 0.15) is 5.75 Å². The van der Waals surface area contributed by atoms with E-state index in [4.69, 9.17) is 14.2 Å². The van der Waals surface area contributed by atoms with E-state index in [0.29, 0.717) is 40.9 Å². The fraction of sp³-hybridized carbons (Fsp3) is 0.448. The van der Waals surface area contributed by atoms with Gasteiger partial charge in [0.2, 0.25) is 0 Å². The van der Waals surface area contributed by atoms with Gasteiger partial charge in [0.25, 0.3) is 11.5 Å². The predicted molar refractivity (Wildman–Crippen MR) is 145 cm³/mol. The monoisotopic (exact) mass is 507 g/mol. The fourth-order valence-corrected chi connectivity index (χ4v) is 5.26. The Hall–Kier alpha value is -3.52. The van der Waals surface area contributed by atoms with Gasteiger partial charge >= 0.3 is 0 Å². The number of hydrogen-bond acceptors (Lipinski definition) is 6. The molecule has 198 valence electrons. The van der Waals surface area contributed by atoms with Crippen molar-refractivity contribution < 1.29 is 19.0 Å². The van der Waals surface area contributed by atoms with Crippen molar-refractivity contribution >= 4 is 16.7 Å². The lowest BCUT2D eigenvalue weighted by atomic mass is 9.99. The molecule has 8 heteroatoms. The smallest absolute Gasteiger partial charge is 0.258 e. The third-order valence-corrected chi connectivity index (χ3v) is 7.44. The summed E-state index contributed by atoms with van der Waals surface area (Å²) in [4.78, 5) is 32.1. The molecule has 0 saturated carbocycles. The van der Waals surface area contributed by atoms with Crippen LogP contribution in [0.1, 0.15) is 54.7 Å². The number of likely N-dealkylation sites (N-methyl/N-ethyl adjacent to an activating group) is 1. The van der Waals surface area contributed by atoms with Crippen LogP contribution in [0, 0.1) is 0 Å². The Balaban J connectivity index is 1.92. The number of carbonyl (C=O) groups excluding carboxylic acids is 1. The summed E-state index contributed by atoms with van der Waals surface area (Å²) in [6, 6.07) is 11.1. The molecule has 2 heterocycles. The van der Waals surface area contributed by atoms with Crippen molar-refractivity contribution in [2.24, 2.45) is 0 Å². The van der Waals surface area contributed by atoms with Crippen LogP contribution in [0.15, 0.2) is 47.4 Å². The number of amides is 1. The van der Waals surface area contributed by atoms with Gasteiger partial charge in [-0.3, -0.25) is 9.59 Å². The quantitative estimate of drug-likeness (QED) is 0.447. The molecule has 1 atom stereocenters. The Morgan fingerprint density at radius 1 is 0.973 bits per heavy atom. The van der Waals surface area contributed by atoms with Crippen LogP contribution < -0.4 is 19.8 Å². The molecule has 1 aliphatic rings. The van der Waals surface area contributed by atoms with Gasteiger partial charge < -0.3 is 28.6 Å². The number of pyridine rings is 1. The lowest BCUT2D eigenvalue weighted by Gasteiger charge is -2.40. The van der Waals surface area contributed by atoms with Crippen molar-refractivity contribution in [1.82, 2.24) is 14.4 Å². The second kappa shape index (κ2) is 11.3. The van der Waals surface area contributed by atoms with E-state index in [1.165, 1.54) is 0 Å². The van der Waals surface area contributed by atoms with Crippen LogP contribution in [-0.4, -0.2) is 68.3 Å². The molecule has 0 aliphatic carbocycles. The van der Waals surface area contributed by atoms with Gasteiger partial charge in [0.05, 0.1) is 38.3 Å². The maximum atomic E-state index is 14.4. The van der Waals surface area contributed by atoms with Gasteiger partial charge in [0.15, 0.2) is 11.5 Å². The average Bonchev–Trinajstić information content (AvgIpc) is 2.93. The molecule has 1 aromatic heterocycles. The van der Waals surface area contributed by atoms with Crippen LogP contribution in [0.25, 0.3) is 10.8 Å². The molecule has 3 aromatic rings. The molecule has 4 rings (SSSR count). The molecular formula is C29H37N3O5. The summed E-state index contributed by atoms with van der Waals surface area (Å²) >= 11 is 0. The highest BCUT2D eigenvalue weighted by Crippen LogP contribution is 2.35. The molecule has 0 unspecified atom stereocenters. The molecular weight excluding hydrogens is 470 g/mol. The van der Waals surface area contributed by atoms with Crippen LogP contribution >= 0.6 is 0 Å². The molecule has 0 radical (unpaired) electrons. The number of nitrogens with zero attached hydrogens (tertiary/aromatic N) is 3. The van der Waals surface area contributed by atoms with E-state index >= 15 is 0 Å². The Morgan fingerprint density at radius 3 is 2.27 bits per heavy atom. The van der Waals surface area contributed by atoms with E-state index in [9.17, 15) is 9.59 Å². The first kappa shape index (κ1) is 26.5. The van der Waals surface area contributed by atoms with Gasteiger partial charge in [-0.15, -0.1) is 0 Å². The van der Waals surface area contributed by atoms with E-state index < -0.39 is 0 Å². The summed E-state index contributed by atoms with van der Waals surface area (Å²) in [6.45, 7) is 6.13. The second-order valence-corrected chi connectivity index (χ2v) is 9.53. The largest absolute Gasteiger partial charge is 0.497 e. The first-order valence-electron chi connectivity index (χ1n) is 12.8. The van der Waals surface area contributed by atoms with Gasteiger partial charge in [-0.05, 0) is 49.7 Å². The third-order valence-electron chi connectivity index (χ3n) is 7.44. The highest BCUT2D eigenvalue weighted by atomic mass is 16.5. The predicted octanol–water partition coefficient (Wildman–Crippen LogP) is 4.52. The summed E-state index contributed by atoms with van der Waals surface area (Å²) in [6.07, 6.45) is 3.31. The molecule has 8 nitrogen and oxygen atoms in total. The van der Waals surface area contributed by atoms with Crippen LogP contribution in [0.2, 0.25) is 0 Å². The maximum absolute atomic E-state index is 14.4. The number of fused-ring (bicyclic) bond motifs is 1. The second-order valence-electron chi connectivity index (χ2n) is 9.53. The Bertz CT molecular complexity index is 1330. The topological polar surface area (TPSA) is 73.2 Å². The number of carbonyl (C=O) groups is 1. The number of rotatable bonds is 8. The zero-order valence-corrected chi connectivity index (χ0v) is 22.6. The first-order valence-corrected chi connectivity index (χ1v) is 12.8. The van der Waals surface area contributed by atoms with Gasteiger partial charge in [-0.2, -0.15) is 0 Å². The lowest BCUT2D eigenvalue weighted by molar-refractivity contribution is 0.0498. The SMILES string of the molecule is CCC(CC)n1cc(C(=O)N2CCN(C)C[C@H]2c2cccc(OC)c2)c2cc(OC)c(OC)cc2c1=O. The Labute approximate surface area is 218 Å². The van der Waals surface area contributed by atoms with Crippen molar-refractivity contribution in [2.75, 3.05) is 48.0 Å². The summed E-state index contributed by atoms with van der Waals surface area (Å²) in [7, 11) is 6.80. The fourth-order valence-electron chi connectivity index (χ4n) is 5.26. The minimum atomic E-state index is -0.162. The molecule has 0 N–H and O–H groups in total. The Kier molecular flexibility index (Phi) is 8.07. The highest BCUT2D eigenvalue weighted by molar-refractivity contribution is 6.07. The minimum absolute atomic E-state index is 0.0155. The zero-order valence-electron chi connectivity index (χ0n) is 22.6. The van der Waals surface area contributed by atoms with Crippen LogP contribution in [-0.2, 0) is 0 Å². The van der Waals surface area contributed by atoms with E-state index in [2.05, 4.69) is 25.8 Å². The first-order chi connectivity index (χ1) is 17.9. The summed E-state index contributed by atoms with van der Waals surface area (Å²) in [5, 5.41) is 1.01. The summed E-state index contributed by atoms with van der Waals surface area (Å²) in [5.74, 6) is 1.58. The number of methoxy groups -OCH3 is 3. The molecule has 1 amide bonds. The lowest BCUT2D eigenvalue weighted by Crippen LogP contribution is -2.49. The van der Waals surface area contributed by atoms with Gasteiger partial charge in [-0.25, -0.2) is 0 Å². The van der Waals surface area contributed by atoms with E-state index in [-0.39, 0.29) is 23.6 Å². The van der Waals surface area contributed by atoms with Crippen molar-refractivity contribution in [2.45, 2.75) is 38.8 Å². The third kappa shape index (κ3) is 5.03. The number of aromatic nitrogens is 1. The molecule has 1 fully saturated rings. The van der Waals surface area contributed by atoms with Crippen LogP contribution in [0.5, 0.6) is 17.2 Å². The van der Waals surface area contributed by atoms with Crippen molar-refractivity contribution in [1.29, 1.82) is 0 Å². The number of hydrogen-bond donors (Lipinski definition) is 0. The van der Waals surface area contributed by atoms with Crippen LogP contribution in [0.4, 0.5) is 0 Å². The highest BCUT2D eigenvalue weighted by Gasteiger charge is 2.33. The summed E-state index contributed by atoms with van der Waals surface area (Å²) < 4.78 is 18.2. The normalized spacial score (nSPS) is 16.3. The number of piperazine rings is 1. The molecule has 2 aromatic carbocycles. The van der Waals surface area contributed by atoms with Gasteiger partial charge in [-0.1, -0.05) is 26.0 Å². The molecule has 1 saturated heterocycles. The van der Waals surface area contributed by atoms with E-state index in [1.54, 1.807) is 44.2 Å². The Morgan fingerprint density at radius 2 is 1.65 bits per heavy atom. The van der Waals surface area contributed by atoms with Crippen LogP contribution in [0.3, 0.4) is 0 Å². The van der Waals surface area contributed by atoms with Crippen molar-refractivity contribution in [3.63, 3.8) is 0 Å².